The normalized spacial score (nSPS) is 11.6. The Labute approximate surface area is 118 Å². The van der Waals surface area contributed by atoms with Gasteiger partial charge in [-0.05, 0) is 6.07 Å². The van der Waals surface area contributed by atoms with Crippen LogP contribution in [0.4, 0.5) is 22.0 Å². The summed E-state index contributed by atoms with van der Waals surface area (Å²) >= 11 is 2.90. The fourth-order valence-corrected chi connectivity index (χ4v) is 1.62. The standard InChI is InChI=1S/C10H7BrF5NO3/c1-19-9(18)5-2-4(3-11)17-8(6(5)7(12)13)20-10(14,15)16/h2,7H,3H2,1H3. The molecule has 1 rings (SSSR count). The summed E-state index contributed by atoms with van der Waals surface area (Å²) < 4.78 is 70.1. The highest BCUT2D eigenvalue weighted by molar-refractivity contribution is 9.08. The van der Waals surface area contributed by atoms with Gasteiger partial charge in [-0.1, -0.05) is 15.9 Å². The van der Waals surface area contributed by atoms with Crippen LogP contribution < -0.4 is 4.74 Å². The van der Waals surface area contributed by atoms with Gasteiger partial charge in [0.05, 0.1) is 23.9 Å². The van der Waals surface area contributed by atoms with E-state index >= 15 is 0 Å². The summed E-state index contributed by atoms with van der Waals surface area (Å²) in [4.78, 5) is 14.7. The third-order valence-electron chi connectivity index (χ3n) is 2.05. The van der Waals surface area contributed by atoms with Gasteiger partial charge in [-0.2, -0.15) is 0 Å². The molecule has 0 unspecified atom stereocenters. The molecule has 0 saturated carbocycles. The van der Waals surface area contributed by atoms with Gasteiger partial charge in [0.25, 0.3) is 6.43 Å². The lowest BCUT2D eigenvalue weighted by atomic mass is 10.1. The van der Waals surface area contributed by atoms with Gasteiger partial charge in [-0.15, -0.1) is 13.2 Å². The van der Waals surface area contributed by atoms with E-state index in [9.17, 15) is 26.7 Å². The van der Waals surface area contributed by atoms with Gasteiger partial charge in [-0.25, -0.2) is 18.6 Å². The zero-order valence-electron chi connectivity index (χ0n) is 9.80. The lowest BCUT2D eigenvalue weighted by molar-refractivity contribution is -0.276. The molecule has 0 fully saturated rings. The van der Waals surface area contributed by atoms with E-state index in [1.807, 2.05) is 0 Å². The molecule has 1 aromatic rings. The largest absolute Gasteiger partial charge is 0.574 e. The van der Waals surface area contributed by atoms with Crippen LogP contribution in [0.2, 0.25) is 0 Å². The number of esters is 1. The second-order valence-corrected chi connectivity index (χ2v) is 3.91. The van der Waals surface area contributed by atoms with Crippen LogP contribution in [-0.4, -0.2) is 24.4 Å². The molecular formula is C10H7BrF5NO3. The monoisotopic (exact) mass is 363 g/mol. The molecule has 0 radical (unpaired) electrons. The molecule has 112 valence electrons. The number of hydrogen-bond acceptors (Lipinski definition) is 4. The minimum atomic E-state index is -5.21. The van der Waals surface area contributed by atoms with E-state index < -0.39 is 35.8 Å². The van der Waals surface area contributed by atoms with Crippen LogP contribution in [0.3, 0.4) is 0 Å². The lowest BCUT2D eigenvalue weighted by Crippen LogP contribution is -2.21. The number of hydrogen-bond donors (Lipinski definition) is 0. The van der Waals surface area contributed by atoms with E-state index in [1.165, 1.54) is 0 Å². The summed E-state index contributed by atoms with van der Waals surface area (Å²) in [6.45, 7) is 0. The fraction of sp³-hybridized carbons (Fsp3) is 0.400. The first kappa shape index (κ1) is 16.6. The summed E-state index contributed by atoms with van der Waals surface area (Å²) in [5.74, 6) is -2.58. The predicted molar refractivity (Wildman–Crippen MR) is 59.8 cm³/mol. The molecule has 0 aliphatic rings. The van der Waals surface area contributed by atoms with Crippen molar-refractivity contribution in [2.45, 2.75) is 18.1 Å². The van der Waals surface area contributed by atoms with Crippen LogP contribution in [-0.2, 0) is 10.1 Å². The quantitative estimate of drug-likeness (QED) is 0.466. The second-order valence-electron chi connectivity index (χ2n) is 3.35. The third-order valence-corrected chi connectivity index (χ3v) is 2.62. The number of ether oxygens (including phenoxy) is 2. The number of carbonyl (C=O) groups excluding carboxylic acids is 1. The second kappa shape index (κ2) is 6.33. The number of halogens is 6. The molecule has 0 aliphatic heterocycles. The molecule has 0 spiro atoms. The fourth-order valence-electron chi connectivity index (χ4n) is 1.33. The van der Waals surface area contributed by atoms with Crippen molar-refractivity contribution in [3.8, 4) is 5.88 Å². The molecule has 20 heavy (non-hydrogen) atoms. The first-order valence-electron chi connectivity index (χ1n) is 4.91. The van der Waals surface area contributed by atoms with Crippen molar-refractivity contribution in [1.29, 1.82) is 0 Å². The number of rotatable bonds is 4. The highest BCUT2D eigenvalue weighted by atomic mass is 79.9. The summed E-state index contributed by atoms with van der Waals surface area (Å²) in [6, 6.07) is 0.908. The SMILES string of the molecule is COC(=O)c1cc(CBr)nc(OC(F)(F)F)c1C(F)F. The van der Waals surface area contributed by atoms with Gasteiger partial charge >= 0.3 is 12.3 Å². The average molecular weight is 364 g/mol. The molecule has 0 atom stereocenters. The Bertz CT molecular complexity index is 506. The Kier molecular flexibility index (Phi) is 5.26. The van der Waals surface area contributed by atoms with Crippen molar-refractivity contribution in [2.24, 2.45) is 0 Å². The molecule has 0 saturated heterocycles. The number of nitrogens with zero attached hydrogens (tertiary/aromatic N) is 1. The lowest BCUT2D eigenvalue weighted by Gasteiger charge is -2.15. The van der Waals surface area contributed by atoms with Crippen molar-refractivity contribution in [3.05, 3.63) is 22.9 Å². The Balaban J connectivity index is 3.50. The highest BCUT2D eigenvalue weighted by Gasteiger charge is 2.36. The number of alkyl halides is 6. The van der Waals surface area contributed by atoms with Gasteiger partial charge in [0.2, 0.25) is 5.88 Å². The van der Waals surface area contributed by atoms with Crippen molar-refractivity contribution < 1.29 is 36.2 Å². The summed E-state index contributed by atoms with van der Waals surface area (Å²) in [5, 5.41) is -0.0608. The van der Waals surface area contributed by atoms with E-state index in [0.717, 1.165) is 13.2 Å². The van der Waals surface area contributed by atoms with E-state index in [2.05, 4.69) is 30.4 Å². The van der Waals surface area contributed by atoms with E-state index in [4.69, 9.17) is 0 Å². The molecule has 1 heterocycles. The van der Waals surface area contributed by atoms with E-state index in [1.54, 1.807) is 0 Å². The van der Waals surface area contributed by atoms with Crippen LogP contribution in [0.25, 0.3) is 0 Å². The zero-order valence-corrected chi connectivity index (χ0v) is 11.4. The molecule has 1 aromatic heterocycles. The van der Waals surface area contributed by atoms with Gasteiger partial charge in [-0.3, -0.25) is 0 Å². The van der Waals surface area contributed by atoms with Crippen LogP contribution in [0.1, 0.15) is 28.0 Å². The molecule has 10 heteroatoms. The predicted octanol–water partition coefficient (Wildman–Crippen LogP) is 3.60. The zero-order chi connectivity index (χ0) is 15.5. The maximum atomic E-state index is 12.9. The van der Waals surface area contributed by atoms with Gasteiger partial charge in [0.1, 0.15) is 0 Å². The molecule has 4 nitrogen and oxygen atoms in total. The summed E-state index contributed by atoms with van der Waals surface area (Å²) in [5.41, 5.74) is -2.08. The first-order chi connectivity index (χ1) is 9.19. The van der Waals surface area contributed by atoms with Crippen LogP contribution in [0, 0.1) is 0 Å². The van der Waals surface area contributed by atoms with Crippen molar-refractivity contribution in [2.75, 3.05) is 7.11 Å². The molecular weight excluding hydrogens is 357 g/mol. The van der Waals surface area contributed by atoms with Gasteiger partial charge in [0.15, 0.2) is 0 Å². The number of aromatic nitrogens is 1. The molecule has 0 aromatic carbocycles. The van der Waals surface area contributed by atoms with Crippen molar-refractivity contribution >= 4 is 21.9 Å². The first-order valence-corrected chi connectivity index (χ1v) is 6.03. The molecule has 0 N–H and O–H groups in total. The number of pyridine rings is 1. The number of methoxy groups -OCH3 is 1. The van der Waals surface area contributed by atoms with Crippen LogP contribution in [0.5, 0.6) is 5.88 Å². The highest BCUT2D eigenvalue weighted by Crippen LogP contribution is 2.35. The maximum absolute atomic E-state index is 12.9. The smallest absolute Gasteiger partial charge is 0.465 e. The van der Waals surface area contributed by atoms with E-state index in [0.29, 0.717) is 0 Å². The molecule has 0 bridgehead atoms. The third kappa shape index (κ3) is 4.02. The van der Waals surface area contributed by atoms with Crippen LogP contribution in [0.15, 0.2) is 6.07 Å². The van der Waals surface area contributed by atoms with Crippen molar-refractivity contribution in [3.63, 3.8) is 0 Å². The Morgan fingerprint density at radius 2 is 2.05 bits per heavy atom. The van der Waals surface area contributed by atoms with E-state index in [-0.39, 0.29) is 11.0 Å². The minimum absolute atomic E-state index is 0.0608. The number of carbonyl (C=O) groups is 1. The summed E-state index contributed by atoms with van der Waals surface area (Å²) in [7, 11) is 0.913. The Morgan fingerprint density at radius 1 is 1.45 bits per heavy atom. The van der Waals surface area contributed by atoms with Crippen LogP contribution >= 0.6 is 15.9 Å². The Hall–Kier alpha value is -1.45. The van der Waals surface area contributed by atoms with Gasteiger partial charge in [0, 0.05) is 5.33 Å². The topological polar surface area (TPSA) is 48.4 Å². The minimum Gasteiger partial charge on any atom is -0.465 e. The maximum Gasteiger partial charge on any atom is 0.574 e. The molecule has 0 amide bonds. The summed E-state index contributed by atoms with van der Waals surface area (Å²) in [6.07, 6.45) is -8.60. The Morgan fingerprint density at radius 3 is 2.45 bits per heavy atom. The van der Waals surface area contributed by atoms with Gasteiger partial charge < -0.3 is 9.47 Å². The van der Waals surface area contributed by atoms with Crippen molar-refractivity contribution in [1.82, 2.24) is 4.98 Å². The average Bonchev–Trinajstić information content (AvgIpc) is 2.34. The molecule has 0 aliphatic carbocycles.